The van der Waals surface area contributed by atoms with Gasteiger partial charge in [0.1, 0.15) is 6.17 Å². The zero-order valence-corrected chi connectivity index (χ0v) is 11.2. The molecule has 1 aliphatic rings. The molecule has 0 aliphatic carbocycles. The summed E-state index contributed by atoms with van der Waals surface area (Å²) in [6, 6.07) is 9.59. The highest BCUT2D eigenvalue weighted by molar-refractivity contribution is 5.80. The quantitative estimate of drug-likeness (QED) is 0.822. The third-order valence-corrected chi connectivity index (χ3v) is 3.39. The molecule has 1 heterocycles. The maximum Gasteiger partial charge on any atom is 0.235 e. The highest BCUT2D eigenvalue weighted by Gasteiger charge is 2.30. The van der Waals surface area contributed by atoms with Gasteiger partial charge in [0.25, 0.3) is 0 Å². The van der Waals surface area contributed by atoms with Crippen molar-refractivity contribution in [2.45, 2.75) is 32.4 Å². The molecule has 0 unspecified atom stereocenters. The van der Waals surface area contributed by atoms with Crippen LogP contribution in [0.25, 0.3) is 0 Å². The Morgan fingerprint density at radius 1 is 1.47 bits per heavy atom. The maximum atomic E-state index is 11.6. The summed E-state index contributed by atoms with van der Waals surface area (Å²) in [5.74, 6) is 0.0591. The van der Waals surface area contributed by atoms with Gasteiger partial charge in [-0.25, -0.2) is 0 Å². The lowest BCUT2D eigenvalue weighted by Gasteiger charge is -2.23. The molecule has 19 heavy (non-hydrogen) atoms. The molecule has 4 nitrogen and oxygen atoms in total. The lowest BCUT2D eigenvalue weighted by molar-refractivity contribution is -0.118. The predicted octanol–water partition coefficient (Wildman–Crippen LogP) is 2.18. The standard InChI is InChI=1S/C15H19N3O/c1-2-3-4-8-18-11-14(19)17-15(18)13-7-5-6-12(9-13)10-16/h5-7,9,15H,2-4,8,11H2,1H3,(H,17,19)/t15-/m0/s1. The van der Waals surface area contributed by atoms with Crippen molar-refractivity contribution in [2.24, 2.45) is 0 Å². The first-order chi connectivity index (χ1) is 9.24. The molecule has 1 N–H and O–H groups in total. The van der Waals surface area contributed by atoms with E-state index in [1.54, 1.807) is 6.07 Å². The fourth-order valence-electron chi connectivity index (χ4n) is 2.41. The molecular weight excluding hydrogens is 238 g/mol. The lowest BCUT2D eigenvalue weighted by Crippen LogP contribution is -2.28. The SMILES string of the molecule is CCCCCN1CC(=O)N[C@@H]1c1cccc(C#N)c1. The maximum absolute atomic E-state index is 11.6. The summed E-state index contributed by atoms with van der Waals surface area (Å²) in [4.78, 5) is 13.8. The number of benzene rings is 1. The molecule has 1 amide bonds. The van der Waals surface area contributed by atoms with Crippen LogP contribution < -0.4 is 5.32 Å². The average Bonchev–Trinajstić information content (AvgIpc) is 2.80. The van der Waals surface area contributed by atoms with Crippen molar-refractivity contribution < 1.29 is 4.79 Å². The number of hydrogen-bond donors (Lipinski definition) is 1. The van der Waals surface area contributed by atoms with Crippen molar-refractivity contribution in [1.82, 2.24) is 10.2 Å². The molecule has 0 spiro atoms. The van der Waals surface area contributed by atoms with Gasteiger partial charge in [0.15, 0.2) is 0 Å². The minimum Gasteiger partial charge on any atom is -0.335 e. The van der Waals surface area contributed by atoms with Crippen LogP contribution in [0.4, 0.5) is 0 Å². The Kier molecular flexibility index (Phi) is 4.53. The van der Waals surface area contributed by atoms with Gasteiger partial charge in [-0.2, -0.15) is 5.26 Å². The van der Waals surface area contributed by atoms with Gasteiger partial charge in [-0.1, -0.05) is 31.9 Å². The summed E-state index contributed by atoms with van der Waals surface area (Å²) in [6.45, 7) is 3.53. The zero-order valence-electron chi connectivity index (χ0n) is 11.2. The molecule has 2 rings (SSSR count). The fourth-order valence-corrected chi connectivity index (χ4v) is 2.41. The van der Waals surface area contributed by atoms with E-state index in [-0.39, 0.29) is 12.1 Å². The third-order valence-electron chi connectivity index (χ3n) is 3.39. The fraction of sp³-hybridized carbons (Fsp3) is 0.467. The number of rotatable bonds is 5. The van der Waals surface area contributed by atoms with Gasteiger partial charge in [-0.05, 0) is 24.1 Å². The number of amides is 1. The van der Waals surface area contributed by atoms with Crippen molar-refractivity contribution in [3.05, 3.63) is 35.4 Å². The van der Waals surface area contributed by atoms with Crippen LogP contribution in [-0.4, -0.2) is 23.9 Å². The average molecular weight is 257 g/mol. The summed E-state index contributed by atoms with van der Waals surface area (Å²) in [5, 5.41) is 11.9. The Balaban J connectivity index is 2.11. The van der Waals surface area contributed by atoms with Crippen molar-refractivity contribution in [3.63, 3.8) is 0 Å². The van der Waals surface area contributed by atoms with Gasteiger partial charge in [0.05, 0.1) is 18.2 Å². The number of nitrogens with one attached hydrogen (secondary N) is 1. The second kappa shape index (κ2) is 6.35. The summed E-state index contributed by atoms with van der Waals surface area (Å²) in [7, 11) is 0. The first-order valence-corrected chi connectivity index (χ1v) is 6.78. The van der Waals surface area contributed by atoms with Gasteiger partial charge in [-0.15, -0.1) is 0 Å². The minimum atomic E-state index is -0.0855. The van der Waals surface area contributed by atoms with E-state index in [4.69, 9.17) is 5.26 Å². The monoisotopic (exact) mass is 257 g/mol. The van der Waals surface area contributed by atoms with E-state index < -0.39 is 0 Å². The number of carbonyl (C=O) groups is 1. The predicted molar refractivity (Wildman–Crippen MR) is 73.1 cm³/mol. The van der Waals surface area contributed by atoms with Crippen molar-refractivity contribution in [1.29, 1.82) is 5.26 Å². The molecule has 0 bridgehead atoms. The highest BCUT2D eigenvalue weighted by Crippen LogP contribution is 2.23. The third kappa shape index (κ3) is 3.33. The molecule has 1 atom stereocenters. The largest absolute Gasteiger partial charge is 0.335 e. The van der Waals surface area contributed by atoms with Gasteiger partial charge in [-0.3, -0.25) is 9.69 Å². The number of carbonyl (C=O) groups excluding carboxylic acids is 1. The van der Waals surface area contributed by atoms with Crippen molar-refractivity contribution in [3.8, 4) is 6.07 Å². The van der Waals surface area contributed by atoms with Crippen LogP contribution in [0.2, 0.25) is 0 Å². The second-order valence-corrected chi connectivity index (χ2v) is 4.88. The Labute approximate surface area is 114 Å². The molecule has 1 aromatic rings. The van der Waals surface area contributed by atoms with Crippen molar-refractivity contribution in [2.75, 3.05) is 13.1 Å². The van der Waals surface area contributed by atoms with Crippen LogP contribution in [0.5, 0.6) is 0 Å². The smallest absolute Gasteiger partial charge is 0.235 e. The van der Waals surface area contributed by atoms with E-state index in [9.17, 15) is 4.79 Å². The van der Waals surface area contributed by atoms with Crippen LogP contribution in [0.15, 0.2) is 24.3 Å². The van der Waals surface area contributed by atoms with Crippen LogP contribution >= 0.6 is 0 Å². The summed E-state index contributed by atoms with van der Waals surface area (Å²) >= 11 is 0. The molecule has 1 aliphatic heterocycles. The summed E-state index contributed by atoms with van der Waals surface area (Å²) < 4.78 is 0. The van der Waals surface area contributed by atoms with Crippen LogP contribution in [-0.2, 0) is 4.79 Å². The summed E-state index contributed by atoms with van der Waals surface area (Å²) in [6.07, 6.45) is 3.36. The van der Waals surface area contributed by atoms with E-state index in [0.717, 1.165) is 18.5 Å². The number of hydrogen-bond acceptors (Lipinski definition) is 3. The Morgan fingerprint density at radius 2 is 2.32 bits per heavy atom. The number of nitriles is 1. The Bertz CT molecular complexity index is 492. The van der Waals surface area contributed by atoms with Crippen LogP contribution in [0.1, 0.15) is 43.5 Å². The molecule has 0 radical (unpaired) electrons. The second-order valence-electron chi connectivity index (χ2n) is 4.88. The lowest BCUT2D eigenvalue weighted by atomic mass is 10.1. The topological polar surface area (TPSA) is 56.1 Å². The molecular formula is C15H19N3O. The van der Waals surface area contributed by atoms with E-state index in [1.807, 2.05) is 18.2 Å². The van der Waals surface area contributed by atoms with E-state index in [1.165, 1.54) is 12.8 Å². The van der Waals surface area contributed by atoms with Gasteiger partial charge < -0.3 is 5.32 Å². The first kappa shape index (κ1) is 13.6. The molecule has 4 heteroatoms. The molecule has 0 saturated carbocycles. The molecule has 100 valence electrons. The molecule has 1 aromatic carbocycles. The van der Waals surface area contributed by atoms with Gasteiger partial charge in [0.2, 0.25) is 5.91 Å². The minimum absolute atomic E-state index is 0.0591. The van der Waals surface area contributed by atoms with E-state index in [2.05, 4.69) is 23.2 Å². The normalized spacial score (nSPS) is 19.2. The first-order valence-electron chi connectivity index (χ1n) is 6.78. The summed E-state index contributed by atoms with van der Waals surface area (Å²) in [5.41, 5.74) is 1.62. The molecule has 1 saturated heterocycles. The van der Waals surface area contributed by atoms with Gasteiger partial charge >= 0.3 is 0 Å². The molecule has 1 fully saturated rings. The Morgan fingerprint density at radius 3 is 3.05 bits per heavy atom. The van der Waals surface area contributed by atoms with Gasteiger partial charge in [0, 0.05) is 6.54 Å². The van der Waals surface area contributed by atoms with E-state index in [0.29, 0.717) is 12.1 Å². The van der Waals surface area contributed by atoms with Crippen LogP contribution in [0.3, 0.4) is 0 Å². The van der Waals surface area contributed by atoms with Crippen LogP contribution in [0, 0.1) is 11.3 Å². The number of unbranched alkanes of at least 4 members (excludes halogenated alkanes) is 2. The zero-order chi connectivity index (χ0) is 13.7. The molecule has 0 aromatic heterocycles. The Hall–Kier alpha value is -1.86. The number of nitrogens with zero attached hydrogens (tertiary/aromatic N) is 2. The van der Waals surface area contributed by atoms with Crippen molar-refractivity contribution >= 4 is 5.91 Å². The highest BCUT2D eigenvalue weighted by atomic mass is 16.2. The van der Waals surface area contributed by atoms with E-state index >= 15 is 0 Å².